The van der Waals surface area contributed by atoms with Crippen molar-refractivity contribution in [2.45, 2.75) is 19.9 Å². The van der Waals surface area contributed by atoms with Crippen LogP contribution in [-0.2, 0) is 13.6 Å². The minimum absolute atomic E-state index is 0.873. The predicted molar refractivity (Wildman–Crippen MR) is 52.6 cm³/mol. The van der Waals surface area contributed by atoms with Crippen molar-refractivity contribution in [3.05, 3.63) is 12.5 Å². The first kappa shape index (κ1) is 9.26. The molecule has 2 heterocycles. The van der Waals surface area contributed by atoms with Gasteiger partial charge < -0.3 is 0 Å². The van der Waals surface area contributed by atoms with Crippen LogP contribution in [0.1, 0.15) is 13.3 Å². The van der Waals surface area contributed by atoms with Crippen LogP contribution in [0.25, 0.3) is 10.7 Å². The molecule has 0 amide bonds. The number of hydrogen-bond donors (Lipinski definition) is 0. The number of hydrogen-bond acceptors (Lipinski definition) is 4. The van der Waals surface area contributed by atoms with Crippen LogP contribution in [0.5, 0.6) is 0 Å². The third-order valence-corrected chi connectivity index (χ3v) is 2.67. The number of rotatable bonds is 3. The van der Waals surface area contributed by atoms with Crippen molar-refractivity contribution in [2.75, 3.05) is 0 Å². The van der Waals surface area contributed by atoms with Gasteiger partial charge in [0.05, 0.1) is 4.49 Å². The van der Waals surface area contributed by atoms with Crippen LogP contribution in [-0.4, -0.2) is 19.3 Å². The molecule has 0 radical (unpaired) electrons. The fraction of sp³-hybridized carbons (Fsp3) is 0.500. The van der Waals surface area contributed by atoms with Crippen LogP contribution in [0.2, 0.25) is 0 Å². The number of aromatic nitrogens is 5. The summed E-state index contributed by atoms with van der Waals surface area (Å²) >= 11 is 1.45. The zero-order chi connectivity index (χ0) is 9.97. The third-order valence-electron chi connectivity index (χ3n) is 1.89. The lowest BCUT2D eigenvalue weighted by atomic mass is 10.4. The largest absolute Gasteiger partial charge is 0.248 e. The van der Waals surface area contributed by atoms with Gasteiger partial charge in [0.15, 0.2) is 17.2 Å². The molecule has 74 valence electrons. The van der Waals surface area contributed by atoms with Crippen LogP contribution in [0.3, 0.4) is 0 Å². The highest BCUT2D eigenvalue weighted by Gasteiger charge is 2.14. The van der Waals surface area contributed by atoms with Crippen molar-refractivity contribution in [1.82, 2.24) is 19.3 Å². The Bertz CT molecular complexity index is 419. The molecule has 0 saturated heterocycles. The first-order valence-electron chi connectivity index (χ1n) is 4.52. The van der Waals surface area contributed by atoms with Crippen LogP contribution < -0.4 is 4.68 Å². The smallest absolute Gasteiger partial charge is 0.220 e. The Labute approximate surface area is 86.2 Å². The summed E-state index contributed by atoms with van der Waals surface area (Å²) in [5, 5.41) is 4.02. The zero-order valence-corrected chi connectivity index (χ0v) is 9.03. The monoisotopic (exact) mass is 210 g/mol. The van der Waals surface area contributed by atoms with E-state index in [1.54, 1.807) is 11.0 Å². The van der Waals surface area contributed by atoms with Crippen molar-refractivity contribution in [2.24, 2.45) is 7.05 Å². The molecular formula is C8H12N5S+. The Morgan fingerprint density at radius 1 is 1.57 bits per heavy atom. The fourth-order valence-electron chi connectivity index (χ4n) is 1.23. The Balaban J connectivity index is 2.29. The summed E-state index contributed by atoms with van der Waals surface area (Å²) in [4.78, 5) is 5.22. The molecule has 0 fully saturated rings. The van der Waals surface area contributed by atoms with E-state index in [4.69, 9.17) is 0 Å². The normalized spacial score (nSPS) is 10.7. The second-order valence-corrected chi connectivity index (χ2v) is 3.82. The molecule has 0 bridgehead atoms. The van der Waals surface area contributed by atoms with Gasteiger partial charge in [0.2, 0.25) is 6.20 Å². The first-order valence-corrected chi connectivity index (χ1v) is 5.29. The average Bonchev–Trinajstić information content (AvgIpc) is 2.74. The van der Waals surface area contributed by atoms with E-state index >= 15 is 0 Å². The molecule has 2 aromatic heterocycles. The molecule has 14 heavy (non-hydrogen) atoms. The molecule has 0 aliphatic heterocycles. The van der Waals surface area contributed by atoms with E-state index in [-0.39, 0.29) is 0 Å². The summed E-state index contributed by atoms with van der Waals surface area (Å²) in [7, 11) is 1.88. The van der Waals surface area contributed by atoms with E-state index in [2.05, 4.69) is 21.5 Å². The minimum atomic E-state index is 0.873. The molecule has 2 rings (SSSR count). The highest BCUT2D eigenvalue weighted by atomic mass is 32.1. The van der Waals surface area contributed by atoms with Gasteiger partial charge in [-0.2, -0.15) is 5.10 Å². The molecule has 0 spiro atoms. The average molecular weight is 210 g/mol. The maximum atomic E-state index is 4.28. The molecule has 0 aliphatic rings. The quantitative estimate of drug-likeness (QED) is 0.698. The SMILES string of the molecule is CCC[n+]1cc(-c2ncnn2C)sn1. The molecule has 0 aliphatic carbocycles. The molecule has 6 heteroatoms. The summed E-state index contributed by atoms with van der Waals surface area (Å²) in [6.45, 7) is 3.09. The van der Waals surface area contributed by atoms with Crippen molar-refractivity contribution in [3.8, 4) is 10.7 Å². The number of nitrogens with zero attached hydrogens (tertiary/aromatic N) is 5. The van der Waals surface area contributed by atoms with Crippen LogP contribution in [0, 0.1) is 0 Å². The topological polar surface area (TPSA) is 47.5 Å². The van der Waals surface area contributed by atoms with E-state index in [0.29, 0.717) is 0 Å². The van der Waals surface area contributed by atoms with E-state index in [9.17, 15) is 0 Å². The van der Waals surface area contributed by atoms with Gasteiger partial charge in [-0.15, -0.1) is 0 Å². The fourth-order valence-corrected chi connectivity index (χ4v) is 1.99. The van der Waals surface area contributed by atoms with Crippen molar-refractivity contribution >= 4 is 11.5 Å². The Morgan fingerprint density at radius 2 is 2.43 bits per heavy atom. The Hall–Kier alpha value is -1.30. The van der Waals surface area contributed by atoms with Gasteiger partial charge in [-0.3, -0.25) is 0 Å². The summed E-state index contributed by atoms with van der Waals surface area (Å²) < 4.78 is 7.97. The second-order valence-electron chi connectivity index (χ2n) is 3.04. The Morgan fingerprint density at radius 3 is 3.07 bits per heavy atom. The van der Waals surface area contributed by atoms with Crippen LogP contribution >= 0.6 is 11.5 Å². The maximum Gasteiger partial charge on any atom is 0.220 e. The highest BCUT2D eigenvalue weighted by molar-refractivity contribution is 7.08. The summed E-state index contributed by atoms with van der Waals surface area (Å²) in [5.41, 5.74) is 0. The Kier molecular flexibility index (Phi) is 2.53. The van der Waals surface area contributed by atoms with Crippen LogP contribution in [0.4, 0.5) is 0 Å². The van der Waals surface area contributed by atoms with E-state index in [0.717, 1.165) is 23.7 Å². The molecule has 0 atom stereocenters. The van der Waals surface area contributed by atoms with Crippen molar-refractivity contribution in [3.63, 3.8) is 0 Å². The molecule has 0 N–H and O–H groups in total. The lowest BCUT2D eigenvalue weighted by molar-refractivity contribution is -0.746. The molecular weight excluding hydrogens is 198 g/mol. The first-order chi connectivity index (χ1) is 6.81. The van der Waals surface area contributed by atoms with Crippen molar-refractivity contribution < 1.29 is 4.68 Å². The molecule has 0 unspecified atom stereocenters. The van der Waals surface area contributed by atoms with Gasteiger partial charge in [-0.05, 0) is 0 Å². The van der Waals surface area contributed by atoms with Crippen molar-refractivity contribution in [1.29, 1.82) is 0 Å². The van der Waals surface area contributed by atoms with Gasteiger partial charge in [-0.25, -0.2) is 9.67 Å². The van der Waals surface area contributed by atoms with Gasteiger partial charge in [-0.1, -0.05) is 11.6 Å². The third kappa shape index (κ3) is 1.65. The van der Waals surface area contributed by atoms with Gasteiger partial charge in [0, 0.05) is 25.0 Å². The van der Waals surface area contributed by atoms with E-state index in [1.807, 2.05) is 17.9 Å². The summed E-state index contributed by atoms with van der Waals surface area (Å²) in [5.74, 6) is 0.873. The van der Waals surface area contributed by atoms with Gasteiger partial charge in [0.1, 0.15) is 6.33 Å². The standard InChI is InChI=1S/C8H12N5S/c1-3-4-13-5-7(14-11-13)8-9-6-10-12(8)2/h5-6H,3-4H2,1-2H3/q+1. The zero-order valence-electron chi connectivity index (χ0n) is 8.21. The molecule has 0 aromatic carbocycles. The number of aryl methyl sites for hydroxylation is 2. The highest BCUT2D eigenvalue weighted by Crippen LogP contribution is 2.16. The lowest BCUT2D eigenvalue weighted by Crippen LogP contribution is -2.33. The lowest BCUT2D eigenvalue weighted by Gasteiger charge is -1.90. The molecule has 0 saturated carbocycles. The predicted octanol–water partition coefficient (Wildman–Crippen LogP) is 0.636. The summed E-state index contributed by atoms with van der Waals surface area (Å²) in [6, 6.07) is 0. The van der Waals surface area contributed by atoms with Crippen LogP contribution in [0.15, 0.2) is 12.5 Å². The van der Waals surface area contributed by atoms with Gasteiger partial charge >= 0.3 is 0 Å². The van der Waals surface area contributed by atoms with E-state index in [1.165, 1.54) is 11.5 Å². The van der Waals surface area contributed by atoms with Gasteiger partial charge in [0.25, 0.3) is 0 Å². The summed E-state index contributed by atoms with van der Waals surface area (Å²) in [6.07, 6.45) is 4.66. The molecule has 2 aromatic rings. The van der Waals surface area contributed by atoms with E-state index < -0.39 is 0 Å². The molecule has 5 nitrogen and oxygen atoms in total. The second kappa shape index (κ2) is 3.83. The maximum absolute atomic E-state index is 4.28. The minimum Gasteiger partial charge on any atom is -0.248 e.